The van der Waals surface area contributed by atoms with Crippen molar-refractivity contribution in [1.82, 2.24) is 44.1 Å². The first-order chi connectivity index (χ1) is 14.6. The second-order valence-corrected chi connectivity index (χ2v) is 7.43. The summed E-state index contributed by atoms with van der Waals surface area (Å²) < 4.78 is 11.3. The maximum absolute atomic E-state index is 5.74. The largest absolute Gasteiger partial charge is 0.373 e. The second kappa shape index (κ2) is 7.30. The lowest BCUT2D eigenvalue weighted by atomic mass is 10.2. The molecule has 0 radical (unpaired) electrons. The summed E-state index contributed by atoms with van der Waals surface area (Å²) >= 11 is 0. The molecule has 0 aliphatic carbocycles. The molecule has 5 aromatic heterocycles. The van der Waals surface area contributed by atoms with E-state index in [2.05, 4.69) is 25.4 Å². The lowest BCUT2D eigenvalue weighted by molar-refractivity contribution is 0.0632. The Morgan fingerprint density at radius 2 is 1.97 bits per heavy atom. The van der Waals surface area contributed by atoms with Crippen LogP contribution in [0.3, 0.4) is 0 Å². The Hall–Kier alpha value is -3.66. The summed E-state index contributed by atoms with van der Waals surface area (Å²) in [6, 6.07) is 4.02. The SMILES string of the molecule is CC(C)OCc1cnc2ccc(Cn3nnc4ncc(-c5cnn(C)c5)nc43)cn12. The molecule has 0 spiro atoms. The smallest absolute Gasteiger partial charge is 0.221 e. The third-order valence-corrected chi connectivity index (χ3v) is 4.77. The highest BCUT2D eigenvalue weighted by Crippen LogP contribution is 2.18. The average Bonchev–Trinajstić information content (AvgIpc) is 3.45. The van der Waals surface area contributed by atoms with E-state index in [4.69, 9.17) is 9.72 Å². The van der Waals surface area contributed by atoms with Crippen LogP contribution in [-0.4, -0.2) is 50.2 Å². The van der Waals surface area contributed by atoms with Gasteiger partial charge in [0.05, 0.1) is 49.2 Å². The Labute approximate surface area is 172 Å². The molecule has 0 unspecified atom stereocenters. The van der Waals surface area contributed by atoms with Gasteiger partial charge in [-0.25, -0.2) is 19.6 Å². The van der Waals surface area contributed by atoms with Crippen LogP contribution in [0.4, 0.5) is 0 Å². The molecule has 0 saturated carbocycles. The van der Waals surface area contributed by atoms with E-state index in [9.17, 15) is 0 Å². The predicted molar refractivity (Wildman–Crippen MR) is 110 cm³/mol. The van der Waals surface area contributed by atoms with Gasteiger partial charge in [-0.05, 0) is 25.5 Å². The zero-order valence-corrected chi connectivity index (χ0v) is 17.0. The van der Waals surface area contributed by atoms with Crippen LogP contribution in [0.2, 0.25) is 0 Å². The van der Waals surface area contributed by atoms with Crippen molar-refractivity contribution in [2.45, 2.75) is 33.1 Å². The first-order valence-electron chi connectivity index (χ1n) is 9.68. The minimum atomic E-state index is 0.160. The van der Waals surface area contributed by atoms with Crippen LogP contribution in [0.25, 0.3) is 28.2 Å². The first kappa shape index (κ1) is 18.4. The Kier molecular flexibility index (Phi) is 4.47. The Morgan fingerprint density at radius 3 is 2.77 bits per heavy atom. The van der Waals surface area contributed by atoms with Gasteiger partial charge in [0.15, 0.2) is 5.65 Å². The van der Waals surface area contributed by atoms with E-state index in [-0.39, 0.29) is 6.10 Å². The van der Waals surface area contributed by atoms with Gasteiger partial charge in [-0.15, -0.1) is 5.10 Å². The van der Waals surface area contributed by atoms with Crippen molar-refractivity contribution >= 4 is 16.9 Å². The molecule has 0 amide bonds. The van der Waals surface area contributed by atoms with Gasteiger partial charge < -0.3 is 9.14 Å². The maximum Gasteiger partial charge on any atom is 0.221 e. The molecule has 0 aromatic carbocycles. The van der Waals surface area contributed by atoms with Crippen LogP contribution in [0.15, 0.2) is 43.1 Å². The number of aryl methyl sites for hydroxylation is 1. The highest BCUT2D eigenvalue weighted by molar-refractivity contribution is 5.69. The number of pyridine rings is 1. The molecule has 30 heavy (non-hydrogen) atoms. The highest BCUT2D eigenvalue weighted by atomic mass is 16.5. The molecule has 0 saturated heterocycles. The van der Waals surface area contributed by atoms with E-state index in [1.165, 1.54) is 0 Å². The van der Waals surface area contributed by atoms with Crippen molar-refractivity contribution in [2.24, 2.45) is 7.05 Å². The van der Waals surface area contributed by atoms with Crippen molar-refractivity contribution in [2.75, 3.05) is 0 Å². The van der Waals surface area contributed by atoms with Gasteiger partial charge in [0.1, 0.15) is 5.65 Å². The van der Waals surface area contributed by atoms with E-state index >= 15 is 0 Å². The molecule has 0 N–H and O–H groups in total. The molecular formula is C20H21N9O. The number of aromatic nitrogens is 9. The maximum atomic E-state index is 5.74. The first-order valence-corrected chi connectivity index (χ1v) is 9.68. The van der Waals surface area contributed by atoms with Crippen LogP contribution < -0.4 is 0 Å². The molecule has 0 atom stereocenters. The fraction of sp³-hybridized carbons (Fsp3) is 0.300. The van der Waals surface area contributed by atoms with Crippen LogP contribution in [0.5, 0.6) is 0 Å². The number of fused-ring (bicyclic) bond motifs is 2. The summed E-state index contributed by atoms with van der Waals surface area (Å²) in [5.74, 6) is 0. The topological polar surface area (TPSA) is 101 Å². The van der Waals surface area contributed by atoms with Crippen molar-refractivity contribution in [1.29, 1.82) is 0 Å². The normalized spacial score (nSPS) is 11.9. The van der Waals surface area contributed by atoms with Crippen LogP contribution >= 0.6 is 0 Å². The third-order valence-electron chi connectivity index (χ3n) is 4.77. The summed E-state index contributed by atoms with van der Waals surface area (Å²) in [4.78, 5) is 13.6. The lowest BCUT2D eigenvalue weighted by Crippen LogP contribution is -2.06. The zero-order chi connectivity index (χ0) is 20.7. The quantitative estimate of drug-likeness (QED) is 0.428. The highest BCUT2D eigenvalue weighted by Gasteiger charge is 2.12. The minimum absolute atomic E-state index is 0.160. The van der Waals surface area contributed by atoms with E-state index in [1.807, 2.05) is 56.0 Å². The van der Waals surface area contributed by atoms with E-state index in [1.54, 1.807) is 21.8 Å². The molecule has 5 rings (SSSR count). The minimum Gasteiger partial charge on any atom is -0.373 e. The summed E-state index contributed by atoms with van der Waals surface area (Å²) in [7, 11) is 1.87. The Balaban J connectivity index is 1.47. The van der Waals surface area contributed by atoms with Gasteiger partial charge in [-0.3, -0.25) is 4.68 Å². The zero-order valence-electron chi connectivity index (χ0n) is 17.0. The fourth-order valence-electron chi connectivity index (χ4n) is 3.25. The molecule has 10 nitrogen and oxygen atoms in total. The van der Waals surface area contributed by atoms with Gasteiger partial charge in [0.25, 0.3) is 0 Å². The number of hydrogen-bond donors (Lipinski definition) is 0. The fourth-order valence-corrected chi connectivity index (χ4v) is 3.25. The standard InChI is InChI=1S/C20H21N9O/c1-13(2)30-12-16-7-21-18-5-4-14(9-28(16)18)10-29-20-19(25-26-29)22-8-17(24-20)15-6-23-27(3)11-15/h4-9,11,13H,10,12H2,1-3H3. The number of hydrogen-bond acceptors (Lipinski definition) is 7. The number of nitrogens with zero attached hydrogens (tertiary/aromatic N) is 9. The number of ether oxygens (including phenoxy) is 1. The number of imidazole rings is 1. The van der Waals surface area contributed by atoms with Gasteiger partial charge >= 0.3 is 0 Å². The number of rotatable bonds is 6. The predicted octanol–water partition coefficient (Wildman–Crippen LogP) is 2.24. The van der Waals surface area contributed by atoms with Crippen molar-refractivity contribution < 1.29 is 4.74 Å². The summed E-state index contributed by atoms with van der Waals surface area (Å²) in [5, 5.41) is 12.6. The van der Waals surface area contributed by atoms with Crippen LogP contribution in [-0.2, 0) is 24.9 Å². The third kappa shape index (κ3) is 3.41. The molecule has 152 valence electrons. The van der Waals surface area contributed by atoms with Crippen LogP contribution in [0, 0.1) is 0 Å². The van der Waals surface area contributed by atoms with Gasteiger partial charge in [-0.2, -0.15) is 5.10 Å². The van der Waals surface area contributed by atoms with E-state index < -0.39 is 0 Å². The monoisotopic (exact) mass is 403 g/mol. The van der Waals surface area contributed by atoms with E-state index in [0.29, 0.717) is 24.4 Å². The molecule has 0 aliphatic rings. The Morgan fingerprint density at radius 1 is 1.07 bits per heavy atom. The Bertz CT molecular complexity index is 1330. The van der Waals surface area contributed by atoms with E-state index in [0.717, 1.165) is 28.2 Å². The second-order valence-electron chi connectivity index (χ2n) is 7.43. The summed E-state index contributed by atoms with van der Waals surface area (Å²) in [5.41, 5.74) is 5.70. The van der Waals surface area contributed by atoms with Crippen molar-refractivity contribution in [3.05, 3.63) is 54.4 Å². The molecule has 0 fully saturated rings. The van der Waals surface area contributed by atoms with Crippen molar-refractivity contribution in [3.63, 3.8) is 0 Å². The molecule has 0 aliphatic heterocycles. The summed E-state index contributed by atoms with van der Waals surface area (Å²) in [6.07, 6.45) is 9.41. The van der Waals surface area contributed by atoms with Crippen LogP contribution in [0.1, 0.15) is 25.1 Å². The summed E-state index contributed by atoms with van der Waals surface area (Å²) in [6.45, 7) is 5.06. The van der Waals surface area contributed by atoms with Gasteiger partial charge in [0, 0.05) is 25.0 Å². The van der Waals surface area contributed by atoms with Gasteiger partial charge in [-0.1, -0.05) is 11.3 Å². The molecule has 0 bridgehead atoms. The average molecular weight is 403 g/mol. The lowest BCUT2D eigenvalue weighted by Gasteiger charge is -2.08. The van der Waals surface area contributed by atoms with Gasteiger partial charge in [0.2, 0.25) is 5.65 Å². The van der Waals surface area contributed by atoms with Crippen molar-refractivity contribution in [3.8, 4) is 11.3 Å². The molecule has 10 heteroatoms. The molecular weight excluding hydrogens is 382 g/mol. The molecule has 5 heterocycles. The molecule has 5 aromatic rings.